The van der Waals surface area contributed by atoms with E-state index in [1.165, 1.54) is 0 Å². The van der Waals surface area contributed by atoms with E-state index in [2.05, 4.69) is 10.3 Å². The van der Waals surface area contributed by atoms with Crippen LogP contribution in [0.15, 0.2) is 42.7 Å². The molecule has 1 aromatic heterocycles. The molecular weight excluding hydrogens is 326 g/mol. The Labute approximate surface area is 147 Å². The van der Waals surface area contributed by atoms with Crippen LogP contribution >= 0.6 is 11.6 Å². The summed E-state index contributed by atoms with van der Waals surface area (Å²) in [5, 5.41) is 3.22. The van der Waals surface area contributed by atoms with Crippen LogP contribution in [0.2, 0.25) is 5.02 Å². The molecule has 5 nitrogen and oxygen atoms in total. The van der Waals surface area contributed by atoms with Crippen LogP contribution in [0.5, 0.6) is 5.75 Å². The maximum atomic E-state index is 12.2. The minimum absolute atomic E-state index is 0.232. The van der Waals surface area contributed by atoms with Crippen molar-refractivity contribution < 1.29 is 9.53 Å². The average molecular weight is 348 g/mol. The predicted molar refractivity (Wildman–Crippen MR) is 96.2 cm³/mol. The van der Waals surface area contributed by atoms with Crippen molar-refractivity contribution in [3.8, 4) is 5.75 Å². The molecule has 0 saturated heterocycles. The molecule has 1 amide bonds. The van der Waals surface area contributed by atoms with E-state index in [0.29, 0.717) is 29.5 Å². The van der Waals surface area contributed by atoms with Gasteiger partial charge in [-0.2, -0.15) is 0 Å². The van der Waals surface area contributed by atoms with E-state index < -0.39 is 5.54 Å². The van der Waals surface area contributed by atoms with Crippen molar-refractivity contribution >= 4 is 23.2 Å². The van der Waals surface area contributed by atoms with Crippen molar-refractivity contribution in [1.82, 2.24) is 4.98 Å². The van der Waals surface area contributed by atoms with Crippen molar-refractivity contribution in [2.24, 2.45) is 5.73 Å². The van der Waals surface area contributed by atoms with Gasteiger partial charge in [-0.3, -0.25) is 9.78 Å². The van der Waals surface area contributed by atoms with Gasteiger partial charge in [0.25, 0.3) is 0 Å². The maximum Gasteiger partial charge on any atom is 0.244 e. The molecule has 0 fully saturated rings. The number of rotatable bonds is 7. The molecule has 0 spiro atoms. The van der Waals surface area contributed by atoms with Crippen LogP contribution in [0.4, 0.5) is 5.69 Å². The largest absolute Gasteiger partial charge is 0.487 e. The van der Waals surface area contributed by atoms with Crippen LogP contribution in [0, 0.1) is 0 Å². The highest BCUT2D eigenvalue weighted by Gasteiger charge is 2.27. The number of benzene rings is 1. The van der Waals surface area contributed by atoms with Gasteiger partial charge in [-0.1, -0.05) is 31.0 Å². The average Bonchev–Trinajstić information content (AvgIpc) is 2.55. The minimum atomic E-state index is -0.906. The van der Waals surface area contributed by atoms with Gasteiger partial charge < -0.3 is 15.8 Å². The Hall–Kier alpha value is -2.11. The molecule has 24 heavy (non-hydrogen) atoms. The highest BCUT2D eigenvalue weighted by molar-refractivity contribution is 6.32. The molecule has 0 aliphatic heterocycles. The van der Waals surface area contributed by atoms with Crippen molar-refractivity contribution in [1.29, 1.82) is 0 Å². The molecular formula is C18H22ClN3O2. The smallest absolute Gasteiger partial charge is 0.244 e. The number of carbonyl (C=O) groups is 1. The lowest BCUT2D eigenvalue weighted by atomic mass is 9.96. The molecule has 1 unspecified atom stereocenters. The topological polar surface area (TPSA) is 77.2 Å². The minimum Gasteiger partial charge on any atom is -0.487 e. The lowest BCUT2D eigenvalue weighted by Gasteiger charge is -2.23. The Balaban J connectivity index is 2.00. The van der Waals surface area contributed by atoms with Gasteiger partial charge in [0.05, 0.1) is 10.6 Å². The zero-order chi connectivity index (χ0) is 17.6. The standard InChI is InChI=1S/C18H22ClN3O2/c1-3-8-18(2,20)17(23)22-14-6-7-16(15(19)10-14)24-12-13-5-4-9-21-11-13/h4-7,9-11H,3,8,12,20H2,1-2H3,(H,22,23). The first-order valence-corrected chi connectivity index (χ1v) is 8.22. The Morgan fingerprint density at radius 3 is 2.83 bits per heavy atom. The summed E-state index contributed by atoms with van der Waals surface area (Å²) in [5.41, 5.74) is 6.65. The molecule has 1 heterocycles. The van der Waals surface area contributed by atoms with E-state index in [1.807, 2.05) is 19.1 Å². The van der Waals surface area contributed by atoms with E-state index in [1.54, 1.807) is 37.5 Å². The van der Waals surface area contributed by atoms with Crippen LogP contribution in [0.3, 0.4) is 0 Å². The second-order valence-electron chi connectivity index (χ2n) is 5.92. The van der Waals surface area contributed by atoms with Gasteiger partial charge in [-0.05, 0) is 37.6 Å². The predicted octanol–water partition coefficient (Wildman–Crippen LogP) is 3.77. The lowest BCUT2D eigenvalue weighted by molar-refractivity contribution is -0.120. The summed E-state index contributed by atoms with van der Waals surface area (Å²) in [6.45, 7) is 4.08. The van der Waals surface area contributed by atoms with Gasteiger partial charge >= 0.3 is 0 Å². The highest BCUT2D eigenvalue weighted by atomic mass is 35.5. The van der Waals surface area contributed by atoms with Gasteiger partial charge in [0.1, 0.15) is 12.4 Å². The SMILES string of the molecule is CCCC(C)(N)C(=O)Nc1ccc(OCc2cccnc2)c(Cl)c1. The molecule has 0 bridgehead atoms. The number of halogens is 1. The third-order valence-electron chi connectivity index (χ3n) is 3.59. The molecule has 2 rings (SSSR count). The number of hydrogen-bond acceptors (Lipinski definition) is 4. The summed E-state index contributed by atoms with van der Waals surface area (Å²) in [7, 11) is 0. The molecule has 128 valence electrons. The number of aromatic nitrogens is 1. The Bertz CT molecular complexity index is 690. The van der Waals surface area contributed by atoms with E-state index in [9.17, 15) is 4.79 Å². The molecule has 1 aromatic carbocycles. The van der Waals surface area contributed by atoms with Gasteiger partial charge in [0.15, 0.2) is 0 Å². The summed E-state index contributed by atoms with van der Waals surface area (Å²) in [5.74, 6) is 0.312. The normalized spacial score (nSPS) is 13.2. The zero-order valence-electron chi connectivity index (χ0n) is 13.9. The summed E-state index contributed by atoms with van der Waals surface area (Å²) >= 11 is 6.23. The van der Waals surface area contributed by atoms with E-state index in [0.717, 1.165) is 12.0 Å². The Morgan fingerprint density at radius 2 is 2.21 bits per heavy atom. The number of hydrogen-bond donors (Lipinski definition) is 2. The quantitative estimate of drug-likeness (QED) is 0.799. The van der Waals surface area contributed by atoms with Crippen molar-refractivity contribution in [3.05, 3.63) is 53.3 Å². The van der Waals surface area contributed by atoms with Crippen molar-refractivity contribution in [3.63, 3.8) is 0 Å². The molecule has 0 radical (unpaired) electrons. The molecule has 0 aliphatic carbocycles. The molecule has 3 N–H and O–H groups in total. The van der Waals surface area contributed by atoms with E-state index in [4.69, 9.17) is 22.1 Å². The Morgan fingerprint density at radius 1 is 1.42 bits per heavy atom. The van der Waals surface area contributed by atoms with Gasteiger partial charge in [-0.15, -0.1) is 0 Å². The van der Waals surface area contributed by atoms with Crippen LogP contribution < -0.4 is 15.8 Å². The molecule has 0 saturated carbocycles. The fraction of sp³-hybridized carbons (Fsp3) is 0.333. The summed E-state index contributed by atoms with van der Waals surface area (Å²) < 4.78 is 5.68. The number of nitrogens with zero attached hydrogens (tertiary/aromatic N) is 1. The Kier molecular flexibility index (Phi) is 6.17. The van der Waals surface area contributed by atoms with Crippen LogP contribution in [-0.2, 0) is 11.4 Å². The van der Waals surface area contributed by atoms with Crippen LogP contribution in [-0.4, -0.2) is 16.4 Å². The fourth-order valence-electron chi connectivity index (χ4n) is 2.25. The first kappa shape index (κ1) is 18.2. The lowest BCUT2D eigenvalue weighted by Crippen LogP contribution is -2.48. The van der Waals surface area contributed by atoms with Crippen molar-refractivity contribution in [2.45, 2.75) is 38.8 Å². The van der Waals surface area contributed by atoms with Crippen LogP contribution in [0.25, 0.3) is 0 Å². The van der Waals surface area contributed by atoms with Crippen LogP contribution in [0.1, 0.15) is 32.3 Å². The summed E-state index contributed by atoms with van der Waals surface area (Å²) in [6, 6.07) is 8.89. The first-order chi connectivity index (χ1) is 11.4. The summed E-state index contributed by atoms with van der Waals surface area (Å²) in [6.07, 6.45) is 4.89. The number of nitrogens with one attached hydrogen (secondary N) is 1. The van der Waals surface area contributed by atoms with Gasteiger partial charge in [0, 0.05) is 23.6 Å². The maximum absolute atomic E-state index is 12.2. The number of ether oxygens (including phenoxy) is 1. The van der Waals surface area contributed by atoms with Gasteiger partial charge in [-0.25, -0.2) is 0 Å². The number of anilines is 1. The first-order valence-electron chi connectivity index (χ1n) is 7.84. The molecule has 2 aromatic rings. The van der Waals surface area contributed by atoms with E-state index in [-0.39, 0.29) is 5.91 Å². The van der Waals surface area contributed by atoms with Gasteiger partial charge in [0.2, 0.25) is 5.91 Å². The number of pyridine rings is 1. The molecule has 6 heteroatoms. The number of nitrogens with two attached hydrogens (primary N) is 1. The number of carbonyl (C=O) groups excluding carboxylic acids is 1. The third kappa shape index (κ3) is 4.94. The third-order valence-corrected chi connectivity index (χ3v) is 3.89. The summed E-state index contributed by atoms with van der Waals surface area (Å²) in [4.78, 5) is 16.2. The highest BCUT2D eigenvalue weighted by Crippen LogP contribution is 2.28. The molecule has 1 atom stereocenters. The second-order valence-corrected chi connectivity index (χ2v) is 6.32. The van der Waals surface area contributed by atoms with E-state index >= 15 is 0 Å². The fourth-order valence-corrected chi connectivity index (χ4v) is 2.48. The van der Waals surface area contributed by atoms with Crippen molar-refractivity contribution in [2.75, 3.05) is 5.32 Å². The number of amides is 1. The molecule has 0 aliphatic rings. The zero-order valence-corrected chi connectivity index (χ0v) is 14.6. The second kappa shape index (κ2) is 8.13. The monoisotopic (exact) mass is 347 g/mol.